The smallest absolute Gasteiger partial charge is 0.274 e. The van der Waals surface area contributed by atoms with Gasteiger partial charge in [-0.3, -0.25) is 9.59 Å². The summed E-state index contributed by atoms with van der Waals surface area (Å²) in [6.07, 6.45) is 1.31. The van der Waals surface area contributed by atoms with Crippen LogP contribution in [-0.4, -0.2) is 27.0 Å². The molecule has 2 heterocycles. The lowest BCUT2D eigenvalue weighted by Crippen LogP contribution is -2.33. The van der Waals surface area contributed by atoms with E-state index in [1.807, 2.05) is 13.8 Å². The molecule has 2 rings (SSSR count). The summed E-state index contributed by atoms with van der Waals surface area (Å²) < 4.78 is 1.44. The monoisotopic (exact) mass is 316 g/mol. The molecule has 0 aliphatic heterocycles. The minimum atomic E-state index is -0.295. The number of carbonyl (C=O) groups excluding carboxylic acids is 1. The van der Waals surface area contributed by atoms with Crippen LogP contribution >= 0.6 is 0 Å². The maximum absolute atomic E-state index is 12.6. The highest BCUT2D eigenvalue weighted by Crippen LogP contribution is 2.16. The number of nitrogens with two attached hydrogens (primary N) is 1. The van der Waals surface area contributed by atoms with Gasteiger partial charge in [-0.05, 0) is 32.4 Å². The van der Waals surface area contributed by atoms with Crippen LogP contribution in [0.2, 0.25) is 0 Å². The molecule has 0 saturated carbocycles. The van der Waals surface area contributed by atoms with Gasteiger partial charge in [0.05, 0.1) is 0 Å². The molecule has 1 amide bonds. The molecule has 0 fully saturated rings. The Hall–Kier alpha value is -2.90. The van der Waals surface area contributed by atoms with Gasteiger partial charge in [-0.15, -0.1) is 0 Å². The molecule has 0 aliphatic rings. The van der Waals surface area contributed by atoms with Gasteiger partial charge in [0.25, 0.3) is 11.5 Å². The molecule has 8 heteroatoms. The van der Waals surface area contributed by atoms with Crippen molar-refractivity contribution in [3.05, 3.63) is 40.1 Å². The number of nitrogen functional groups attached to an aromatic ring is 1. The predicted molar refractivity (Wildman–Crippen MR) is 88.8 cm³/mol. The van der Waals surface area contributed by atoms with Crippen molar-refractivity contribution >= 4 is 23.2 Å². The average molecular weight is 316 g/mol. The minimum absolute atomic E-state index is 0.262. The predicted octanol–water partition coefficient (Wildman–Crippen LogP) is 1.04. The number of nitrogens with zero attached hydrogens (tertiary/aromatic N) is 3. The zero-order valence-electron chi connectivity index (χ0n) is 13.4. The van der Waals surface area contributed by atoms with Gasteiger partial charge in [-0.1, -0.05) is 0 Å². The molecule has 2 aromatic heterocycles. The zero-order chi connectivity index (χ0) is 17.0. The molecule has 2 aromatic rings. The summed E-state index contributed by atoms with van der Waals surface area (Å²) in [5, 5.41) is 5.66. The maximum atomic E-state index is 12.6. The molecular weight excluding hydrogens is 296 g/mol. The van der Waals surface area contributed by atoms with Crippen LogP contribution in [0.1, 0.15) is 29.9 Å². The molecule has 122 valence electrons. The second kappa shape index (κ2) is 6.91. The Kier molecular flexibility index (Phi) is 4.95. The van der Waals surface area contributed by atoms with Crippen LogP contribution in [0.25, 0.3) is 0 Å². The lowest BCUT2D eigenvalue weighted by Gasteiger charge is -2.16. The van der Waals surface area contributed by atoms with Gasteiger partial charge in [0.1, 0.15) is 29.3 Å². The summed E-state index contributed by atoms with van der Waals surface area (Å²) in [5.41, 5.74) is 6.70. The van der Waals surface area contributed by atoms with Gasteiger partial charge in [0, 0.05) is 19.2 Å². The number of aryl methyl sites for hydroxylation is 1. The van der Waals surface area contributed by atoms with Gasteiger partial charge < -0.3 is 20.9 Å². The number of hydrogen-bond donors (Lipinski definition) is 3. The summed E-state index contributed by atoms with van der Waals surface area (Å²) in [6, 6.07) is 3.17. The van der Waals surface area contributed by atoms with Crippen LogP contribution in [-0.2, 0) is 6.54 Å². The van der Waals surface area contributed by atoms with E-state index in [-0.39, 0.29) is 11.5 Å². The van der Waals surface area contributed by atoms with E-state index in [1.54, 1.807) is 13.0 Å². The Labute approximate surface area is 133 Å². The second-order valence-electron chi connectivity index (χ2n) is 4.95. The third kappa shape index (κ3) is 3.47. The van der Waals surface area contributed by atoms with Crippen molar-refractivity contribution in [1.82, 2.24) is 19.9 Å². The first kappa shape index (κ1) is 16.5. The molecule has 8 nitrogen and oxygen atoms in total. The Morgan fingerprint density at radius 1 is 1.30 bits per heavy atom. The van der Waals surface area contributed by atoms with Crippen LogP contribution in [0.3, 0.4) is 0 Å². The van der Waals surface area contributed by atoms with Crippen molar-refractivity contribution in [2.75, 3.05) is 17.6 Å². The van der Waals surface area contributed by atoms with Crippen molar-refractivity contribution in [2.45, 2.75) is 27.3 Å². The lowest BCUT2D eigenvalue weighted by molar-refractivity contribution is 0.0944. The van der Waals surface area contributed by atoms with E-state index in [9.17, 15) is 9.59 Å². The largest absolute Gasteiger partial charge is 0.384 e. The van der Waals surface area contributed by atoms with E-state index >= 15 is 0 Å². The van der Waals surface area contributed by atoms with Crippen molar-refractivity contribution in [2.24, 2.45) is 0 Å². The molecular formula is C15H20N6O2. The first-order valence-electron chi connectivity index (χ1n) is 7.35. The highest BCUT2D eigenvalue weighted by molar-refractivity contribution is 5.94. The molecule has 0 spiro atoms. The summed E-state index contributed by atoms with van der Waals surface area (Å²) >= 11 is 0. The normalized spacial score (nSPS) is 10.4. The van der Waals surface area contributed by atoms with Gasteiger partial charge in [0.15, 0.2) is 0 Å². The van der Waals surface area contributed by atoms with E-state index in [0.717, 1.165) is 0 Å². The molecule has 0 bridgehead atoms. The SMILES string of the molecule is CCNC(=O)c1c(C)cc(Nc2cc(N)ncn2)c(=O)n1CC. The fourth-order valence-electron chi connectivity index (χ4n) is 2.32. The number of pyridine rings is 1. The number of nitrogens with one attached hydrogen (secondary N) is 2. The van der Waals surface area contributed by atoms with Crippen molar-refractivity contribution in [3.8, 4) is 0 Å². The summed E-state index contributed by atoms with van der Waals surface area (Å²) in [6.45, 7) is 6.31. The molecule has 0 radical (unpaired) electrons. The molecule has 0 atom stereocenters. The Morgan fingerprint density at radius 2 is 2.04 bits per heavy atom. The third-order valence-electron chi connectivity index (χ3n) is 3.30. The number of amides is 1. The Balaban J connectivity index is 2.49. The molecule has 0 aromatic carbocycles. The fraction of sp³-hybridized carbons (Fsp3) is 0.333. The first-order chi connectivity index (χ1) is 11.0. The molecule has 4 N–H and O–H groups in total. The van der Waals surface area contributed by atoms with E-state index in [0.29, 0.717) is 41.7 Å². The van der Waals surface area contributed by atoms with E-state index in [4.69, 9.17) is 5.73 Å². The molecule has 23 heavy (non-hydrogen) atoms. The summed E-state index contributed by atoms with van der Waals surface area (Å²) in [4.78, 5) is 32.6. The van der Waals surface area contributed by atoms with E-state index < -0.39 is 0 Å². The number of aromatic nitrogens is 3. The number of hydrogen-bond acceptors (Lipinski definition) is 6. The highest BCUT2D eigenvalue weighted by Gasteiger charge is 2.17. The van der Waals surface area contributed by atoms with Gasteiger partial charge in [-0.25, -0.2) is 9.97 Å². The number of anilines is 3. The van der Waals surface area contributed by atoms with Crippen LogP contribution in [0.4, 0.5) is 17.3 Å². The van der Waals surface area contributed by atoms with Crippen molar-refractivity contribution in [1.29, 1.82) is 0 Å². The molecule has 0 aliphatic carbocycles. The van der Waals surface area contributed by atoms with Gasteiger partial charge >= 0.3 is 0 Å². The maximum Gasteiger partial charge on any atom is 0.274 e. The Morgan fingerprint density at radius 3 is 2.65 bits per heavy atom. The van der Waals surface area contributed by atoms with Gasteiger partial charge in [-0.2, -0.15) is 0 Å². The van der Waals surface area contributed by atoms with Crippen LogP contribution in [0.15, 0.2) is 23.3 Å². The number of rotatable bonds is 5. The summed E-state index contributed by atoms with van der Waals surface area (Å²) in [7, 11) is 0. The minimum Gasteiger partial charge on any atom is -0.384 e. The third-order valence-corrected chi connectivity index (χ3v) is 3.30. The molecule has 0 unspecified atom stereocenters. The quantitative estimate of drug-likeness (QED) is 0.759. The lowest BCUT2D eigenvalue weighted by atomic mass is 10.1. The average Bonchev–Trinajstić information content (AvgIpc) is 2.50. The highest BCUT2D eigenvalue weighted by atomic mass is 16.2. The zero-order valence-corrected chi connectivity index (χ0v) is 13.4. The summed E-state index contributed by atoms with van der Waals surface area (Å²) in [5.74, 6) is 0.457. The Bertz CT molecular complexity index is 784. The van der Waals surface area contributed by atoms with Crippen LogP contribution in [0, 0.1) is 6.92 Å². The standard InChI is InChI=1S/C15H20N6O2/c1-4-17-14(22)13-9(3)6-10(15(23)21(13)5-2)20-12-7-11(16)18-8-19-12/h6-8H,4-5H2,1-3H3,(H,17,22)(H3,16,18,19,20). The topological polar surface area (TPSA) is 115 Å². The van der Waals surface area contributed by atoms with Crippen molar-refractivity contribution < 1.29 is 4.79 Å². The number of carbonyl (C=O) groups is 1. The first-order valence-corrected chi connectivity index (χ1v) is 7.35. The van der Waals surface area contributed by atoms with Gasteiger partial charge in [0.2, 0.25) is 0 Å². The van der Waals surface area contributed by atoms with Crippen molar-refractivity contribution in [3.63, 3.8) is 0 Å². The van der Waals surface area contributed by atoms with E-state index in [1.165, 1.54) is 17.0 Å². The van der Waals surface area contributed by atoms with Crippen LogP contribution in [0.5, 0.6) is 0 Å². The second-order valence-corrected chi connectivity index (χ2v) is 4.95. The molecule has 0 saturated heterocycles. The fourth-order valence-corrected chi connectivity index (χ4v) is 2.32. The van der Waals surface area contributed by atoms with Crippen LogP contribution < -0.4 is 21.9 Å². The van der Waals surface area contributed by atoms with E-state index in [2.05, 4.69) is 20.6 Å².